The SMILES string of the molecule is O=C(Nn1cnc2ccccc21)c1ccc2c(c1)C(=O)N(Cc1ccccc1)C2=O. The maximum Gasteiger partial charge on any atom is 0.270 e. The Morgan fingerprint density at radius 3 is 2.43 bits per heavy atom. The molecule has 3 aromatic carbocycles. The molecule has 0 saturated carbocycles. The van der Waals surface area contributed by atoms with Crippen LogP contribution in [0.2, 0.25) is 0 Å². The second kappa shape index (κ2) is 6.97. The Morgan fingerprint density at radius 1 is 0.867 bits per heavy atom. The topological polar surface area (TPSA) is 84.3 Å². The quantitative estimate of drug-likeness (QED) is 0.537. The molecule has 0 aliphatic carbocycles. The number of benzene rings is 3. The third-order valence-corrected chi connectivity index (χ3v) is 5.09. The van der Waals surface area contributed by atoms with Gasteiger partial charge in [0, 0.05) is 5.56 Å². The van der Waals surface area contributed by atoms with Gasteiger partial charge in [-0.15, -0.1) is 0 Å². The van der Waals surface area contributed by atoms with E-state index in [4.69, 9.17) is 0 Å². The molecule has 0 fully saturated rings. The highest BCUT2D eigenvalue weighted by atomic mass is 16.2. The second-order valence-electron chi connectivity index (χ2n) is 6.99. The van der Waals surface area contributed by atoms with Gasteiger partial charge >= 0.3 is 0 Å². The first-order valence-electron chi connectivity index (χ1n) is 9.39. The van der Waals surface area contributed by atoms with E-state index in [1.54, 1.807) is 6.07 Å². The van der Waals surface area contributed by atoms with E-state index in [0.29, 0.717) is 5.56 Å². The molecule has 30 heavy (non-hydrogen) atoms. The molecule has 0 atom stereocenters. The van der Waals surface area contributed by atoms with Gasteiger partial charge in [-0.2, -0.15) is 0 Å². The average molecular weight is 396 g/mol. The second-order valence-corrected chi connectivity index (χ2v) is 6.99. The van der Waals surface area contributed by atoms with Gasteiger partial charge in [0.25, 0.3) is 17.7 Å². The largest absolute Gasteiger partial charge is 0.270 e. The smallest absolute Gasteiger partial charge is 0.270 e. The van der Waals surface area contributed by atoms with Crippen molar-refractivity contribution in [2.45, 2.75) is 6.54 Å². The molecule has 146 valence electrons. The minimum absolute atomic E-state index is 0.190. The van der Waals surface area contributed by atoms with E-state index in [-0.39, 0.29) is 23.6 Å². The van der Waals surface area contributed by atoms with Crippen LogP contribution >= 0.6 is 0 Å². The first-order valence-corrected chi connectivity index (χ1v) is 9.39. The van der Waals surface area contributed by atoms with Gasteiger partial charge in [-0.1, -0.05) is 42.5 Å². The zero-order valence-corrected chi connectivity index (χ0v) is 15.8. The predicted molar refractivity (Wildman–Crippen MR) is 111 cm³/mol. The molecule has 1 aliphatic heterocycles. The van der Waals surface area contributed by atoms with E-state index in [0.717, 1.165) is 16.6 Å². The molecule has 7 heteroatoms. The van der Waals surface area contributed by atoms with Crippen molar-refractivity contribution in [3.63, 3.8) is 0 Å². The number of hydrogen-bond acceptors (Lipinski definition) is 4. The molecular weight excluding hydrogens is 380 g/mol. The van der Waals surface area contributed by atoms with Gasteiger partial charge in [-0.3, -0.25) is 24.7 Å². The summed E-state index contributed by atoms with van der Waals surface area (Å²) in [6.45, 7) is 0.190. The number of carbonyl (C=O) groups is 3. The summed E-state index contributed by atoms with van der Waals surface area (Å²) in [6.07, 6.45) is 1.52. The van der Waals surface area contributed by atoms with E-state index in [2.05, 4.69) is 10.4 Å². The number of hydrogen-bond donors (Lipinski definition) is 1. The van der Waals surface area contributed by atoms with Crippen LogP contribution < -0.4 is 5.43 Å². The zero-order chi connectivity index (χ0) is 20.7. The summed E-state index contributed by atoms with van der Waals surface area (Å²) in [4.78, 5) is 43.7. The Labute approximate surface area is 171 Å². The van der Waals surface area contributed by atoms with Gasteiger partial charge in [0.05, 0.1) is 28.7 Å². The third kappa shape index (κ3) is 2.93. The van der Waals surface area contributed by atoms with Crippen LogP contribution in [0.15, 0.2) is 79.1 Å². The van der Waals surface area contributed by atoms with Crippen LogP contribution in [0.1, 0.15) is 36.6 Å². The molecule has 0 unspecified atom stereocenters. The lowest BCUT2D eigenvalue weighted by Crippen LogP contribution is -2.29. The molecule has 0 saturated heterocycles. The Bertz CT molecular complexity index is 1310. The summed E-state index contributed by atoms with van der Waals surface area (Å²) in [5, 5.41) is 0. The number of carbonyl (C=O) groups excluding carboxylic acids is 3. The van der Waals surface area contributed by atoms with Crippen molar-refractivity contribution in [2.75, 3.05) is 5.43 Å². The molecule has 0 bridgehead atoms. The predicted octanol–water partition coefficient (Wildman–Crippen LogP) is 3.22. The third-order valence-electron chi connectivity index (χ3n) is 5.09. The van der Waals surface area contributed by atoms with Crippen molar-refractivity contribution in [1.29, 1.82) is 0 Å². The maximum atomic E-state index is 12.8. The molecule has 1 aliphatic rings. The summed E-state index contributed by atoms with van der Waals surface area (Å²) < 4.78 is 1.53. The number of nitrogens with one attached hydrogen (secondary N) is 1. The monoisotopic (exact) mass is 396 g/mol. The molecule has 1 aromatic heterocycles. The van der Waals surface area contributed by atoms with Crippen molar-refractivity contribution in [2.24, 2.45) is 0 Å². The molecule has 3 amide bonds. The maximum absolute atomic E-state index is 12.8. The van der Waals surface area contributed by atoms with Crippen molar-refractivity contribution in [3.05, 3.63) is 101 Å². The summed E-state index contributed by atoms with van der Waals surface area (Å²) in [7, 11) is 0. The number of nitrogens with zero attached hydrogens (tertiary/aromatic N) is 3. The van der Waals surface area contributed by atoms with Gasteiger partial charge in [0.2, 0.25) is 0 Å². The molecule has 0 spiro atoms. The molecular formula is C23H16N4O3. The van der Waals surface area contributed by atoms with E-state index in [9.17, 15) is 14.4 Å². The lowest BCUT2D eigenvalue weighted by atomic mass is 10.1. The summed E-state index contributed by atoms with van der Waals surface area (Å²) in [5.74, 6) is -1.16. The van der Waals surface area contributed by atoms with Gasteiger partial charge in [-0.05, 0) is 35.9 Å². The fourth-order valence-electron chi connectivity index (χ4n) is 3.56. The Hall–Kier alpha value is -4.26. The van der Waals surface area contributed by atoms with Crippen molar-refractivity contribution in [3.8, 4) is 0 Å². The van der Waals surface area contributed by atoms with E-state index in [1.165, 1.54) is 28.0 Å². The summed E-state index contributed by atoms with van der Waals surface area (Å²) in [5.41, 5.74) is 5.95. The molecule has 4 aromatic rings. The Kier molecular flexibility index (Phi) is 4.14. The minimum Gasteiger partial charge on any atom is -0.270 e. The number of para-hydroxylation sites is 2. The highest BCUT2D eigenvalue weighted by Crippen LogP contribution is 2.26. The van der Waals surface area contributed by atoms with Gasteiger partial charge < -0.3 is 0 Å². The summed E-state index contributed by atoms with van der Waals surface area (Å²) in [6, 6.07) is 21.3. The molecule has 1 N–H and O–H groups in total. The average Bonchev–Trinajstić information content (AvgIpc) is 3.29. The van der Waals surface area contributed by atoms with Crippen LogP contribution in [0, 0.1) is 0 Å². The fraction of sp³-hybridized carbons (Fsp3) is 0.0435. The van der Waals surface area contributed by atoms with Crippen LogP contribution in [0.5, 0.6) is 0 Å². The number of fused-ring (bicyclic) bond motifs is 2. The molecule has 7 nitrogen and oxygen atoms in total. The Balaban J connectivity index is 1.40. The molecule has 2 heterocycles. The van der Waals surface area contributed by atoms with E-state index < -0.39 is 11.8 Å². The van der Waals surface area contributed by atoms with Crippen molar-refractivity contribution in [1.82, 2.24) is 14.6 Å². The molecule has 5 rings (SSSR count). The zero-order valence-electron chi connectivity index (χ0n) is 15.8. The highest BCUT2D eigenvalue weighted by Gasteiger charge is 2.36. The minimum atomic E-state index is -0.401. The lowest BCUT2D eigenvalue weighted by Gasteiger charge is -2.13. The summed E-state index contributed by atoms with van der Waals surface area (Å²) >= 11 is 0. The standard InChI is InChI=1S/C23H16N4O3/c28-21(25-27-14-24-19-8-4-5-9-20(19)27)16-10-11-17-18(12-16)23(30)26(22(17)29)13-15-6-2-1-3-7-15/h1-12,14H,13H2,(H,25,28). The van der Waals surface area contributed by atoms with Crippen molar-refractivity contribution < 1.29 is 14.4 Å². The van der Waals surface area contributed by atoms with Gasteiger partial charge in [0.1, 0.15) is 6.33 Å². The van der Waals surface area contributed by atoms with Crippen LogP contribution in [-0.2, 0) is 6.54 Å². The lowest BCUT2D eigenvalue weighted by molar-refractivity contribution is 0.0642. The van der Waals surface area contributed by atoms with Gasteiger partial charge in [-0.25, -0.2) is 9.66 Å². The first kappa shape index (κ1) is 17.8. The highest BCUT2D eigenvalue weighted by molar-refractivity contribution is 6.22. The number of imidazole rings is 1. The van der Waals surface area contributed by atoms with E-state index in [1.807, 2.05) is 54.6 Å². The van der Waals surface area contributed by atoms with Gasteiger partial charge in [0.15, 0.2) is 0 Å². The number of aromatic nitrogens is 2. The normalized spacial score (nSPS) is 13.0. The van der Waals surface area contributed by atoms with Crippen LogP contribution in [-0.4, -0.2) is 32.3 Å². The first-order chi connectivity index (χ1) is 14.6. The number of rotatable bonds is 4. The van der Waals surface area contributed by atoms with Crippen LogP contribution in [0.3, 0.4) is 0 Å². The van der Waals surface area contributed by atoms with E-state index >= 15 is 0 Å². The number of amides is 3. The van der Waals surface area contributed by atoms with Crippen molar-refractivity contribution >= 4 is 28.8 Å². The molecule has 0 radical (unpaired) electrons. The van der Waals surface area contributed by atoms with Crippen LogP contribution in [0.25, 0.3) is 11.0 Å². The van der Waals surface area contributed by atoms with Crippen LogP contribution in [0.4, 0.5) is 0 Å². The fourth-order valence-corrected chi connectivity index (χ4v) is 3.56. The Morgan fingerprint density at radius 2 is 1.60 bits per heavy atom. The number of imide groups is 1.